The predicted octanol–water partition coefficient (Wildman–Crippen LogP) is 3.40. The van der Waals surface area contributed by atoms with Crippen LogP contribution in [0.4, 0.5) is 9.18 Å². The number of halogens is 1. The SMILES string of the molecule is O=C(CN1CCSC1=O)NCc1ccc(Oc2ccc(F)cc2)cc1. The summed E-state index contributed by atoms with van der Waals surface area (Å²) in [7, 11) is 0. The van der Waals surface area contributed by atoms with Gasteiger partial charge in [-0.3, -0.25) is 9.59 Å². The van der Waals surface area contributed by atoms with Gasteiger partial charge in [0.25, 0.3) is 5.24 Å². The molecule has 0 aliphatic carbocycles. The number of rotatable bonds is 6. The van der Waals surface area contributed by atoms with E-state index in [9.17, 15) is 14.0 Å². The molecule has 1 aliphatic rings. The molecule has 3 rings (SSSR count). The highest BCUT2D eigenvalue weighted by atomic mass is 32.2. The Labute approximate surface area is 149 Å². The molecule has 0 radical (unpaired) electrons. The van der Waals surface area contributed by atoms with E-state index < -0.39 is 0 Å². The molecule has 0 atom stereocenters. The maximum atomic E-state index is 12.9. The normalized spacial score (nSPS) is 13.8. The van der Waals surface area contributed by atoms with Gasteiger partial charge in [0.05, 0.1) is 0 Å². The number of nitrogens with one attached hydrogen (secondary N) is 1. The molecule has 1 heterocycles. The molecule has 0 unspecified atom stereocenters. The van der Waals surface area contributed by atoms with Crippen molar-refractivity contribution < 1.29 is 18.7 Å². The van der Waals surface area contributed by atoms with Gasteiger partial charge in [-0.1, -0.05) is 23.9 Å². The first-order chi connectivity index (χ1) is 12.1. The fourth-order valence-electron chi connectivity index (χ4n) is 2.31. The first-order valence-electron chi connectivity index (χ1n) is 7.81. The Kier molecular flexibility index (Phi) is 5.55. The molecule has 2 aromatic rings. The fourth-order valence-corrected chi connectivity index (χ4v) is 3.14. The Morgan fingerprint density at radius 2 is 1.76 bits per heavy atom. The Balaban J connectivity index is 1.48. The molecule has 25 heavy (non-hydrogen) atoms. The van der Waals surface area contributed by atoms with E-state index in [1.165, 1.54) is 23.9 Å². The molecule has 5 nitrogen and oxygen atoms in total. The van der Waals surface area contributed by atoms with Crippen LogP contribution in [0, 0.1) is 5.82 Å². The number of hydrogen-bond donors (Lipinski definition) is 1. The summed E-state index contributed by atoms with van der Waals surface area (Å²) in [6.07, 6.45) is 0. The Morgan fingerprint density at radius 3 is 2.36 bits per heavy atom. The highest BCUT2D eigenvalue weighted by Gasteiger charge is 2.22. The third kappa shape index (κ3) is 4.96. The number of benzene rings is 2. The van der Waals surface area contributed by atoms with Gasteiger partial charge in [-0.15, -0.1) is 0 Å². The lowest BCUT2D eigenvalue weighted by molar-refractivity contribution is -0.121. The number of hydrogen-bond acceptors (Lipinski definition) is 4. The monoisotopic (exact) mass is 360 g/mol. The molecule has 0 bridgehead atoms. The zero-order valence-corrected chi connectivity index (χ0v) is 14.2. The maximum Gasteiger partial charge on any atom is 0.282 e. The van der Waals surface area contributed by atoms with E-state index >= 15 is 0 Å². The molecule has 1 aliphatic heterocycles. The number of amides is 2. The first-order valence-corrected chi connectivity index (χ1v) is 8.79. The molecule has 0 spiro atoms. The van der Waals surface area contributed by atoms with E-state index in [1.54, 1.807) is 29.2 Å². The van der Waals surface area contributed by atoms with E-state index in [4.69, 9.17) is 4.74 Å². The van der Waals surface area contributed by atoms with Gasteiger partial charge in [-0.25, -0.2) is 4.39 Å². The van der Waals surface area contributed by atoms with Crippen molar-refractivity contribution in [2.24, 2.45) is 0 Å². The Bertz CT molecular complexity index is 750. The molecule has 130 valence electrons. The summed E-state index contributed by atoms with van der Waals surface area (Å²) < 4.78 is 18.5. The van der Waals surface area contributed by atoms with Crippen molar-refractivity contribution in [3.63, 3.8) is 0 Å². The summed E-state index contributed by atoms with van der Waals surface area (Å²) in [5.41, 5.74) is 0.918. The minimum absolute atomic E-state index is 0.0440. The Morgan fingerprint density at radius 1 is 1.12 bits per heavy atom. The van der Waals surface area contributed by atoms with Crippen LogP contribution >= 0.6 is 11.8 Å². The van der Waals surface area contributed by atoms with Crippen LogP contribution in [-0.2, 0) is 11.3 Å². The summed E-state index contributed by atoms with van der Waals surface area (Å²) in [5, 5.41) is 2.75. The van der Waals surface area contributed by atoms with Crippen molar-refractivity contribution in [3.8, 4) is 11.5 Å². The third-order valence-corrected chi connectivity index (χ3v) is 4.53. The van der Waals surface area contributed by atoms with E-state index in [1.807, 2.05) is 12.1 Å². The summed E-state index contributed by atoms with van der Waals surface area (Å²) in [5.74, 6) is 1.42. The van der Waals surface area contributed by atoms with Gasteiger partial charge in [0, 0.05) is 18.8 Å². The van der Waals surface area contributed by atoms with Gasteiger partial charge in [-0.2, -0.15) is 0 Å². The van der Waals surface area contributed by atoms with E-state index in [0.717, 1.165) is 11.3 Å². The Hall–Kier alpha value is -2.54. The van der Waals surface area contributed by atoms with Gasteiger partial charge < -0.3 is 15.0 Å². The van der Waals surface area contributed by atoms with Crippen molar-refractivity contribution in [1.29, 1.82) is 0 Å². The molecule has 2 aromatic carbocycles. The van der Waals surface area contributed by atoms with Crippen LogP contribution in [0.5, 0.6) is 11.5 Å². The van der Waals surface area contributed by atoms with Crippen LogP contribution < -0.4 is 10.1 Å². The maximum absolute atomic E-state index is 12.9. The number of nitrogens with zero attached hydrogens (tertiary/aromatic N) is 1. The van der Waals surface area contributed by atoms with Crippen LogP contribution in [-0.4, -0.2) is 34.9 Å². The highest BCUT2D eigenvalue weighted by Crippen LogP contribution is 2.22. The number of carbonyl (C=O) groups is 2. The van der Waals surface area contributed by atoms with Gasteiger partial charge >= 0.3 is 0 Å². The molecular weight excluding hydrogens is 343 g/mol. The fraction of sp³-hybridized carbons (Fsp3) is 0.222. The smallest absolute Gasteiger partial charge is 0.282 e. The highest BCUT2D eigenvalue weighted by molar-refractivity contribution is 8.13. The number of thioether (sulfide) groups is 1. The molecule has 1 fully saturated rings. The quantitative estimate of drug-likeness (QED) is 0.858. The van der Waals surface area contributed by atoms with Crippen molar-refractivity contribution in [3.05, 3.63) is 59.9 Å². The van der Waals surface area contributed by atoms with Crippen molar-refractivity contribution >= 4 is 22.9 Å². The molecule has 1 saturated heterocycles. The van der Waals surface area contributed by atoms with Gasteiger partial charge in [-0.05, 0) is 42.0 Å². The first kappa shape index (κ1) is 17.3. The minimum atomic E-state index is -0.312. The predicted molar refractivity (Wildman–Crippen MR) is 94.2 cm³/mol. The lowest BCUT2D eigenvalue weighted by atomic mass is 10.2. The largest absolute Gasteiger partial charge is 0.457 e. The second-order valence-corrected chi connectivity index (χ2v) is 6.56. The van der Waals surface area contributed by atoms with Crippen molar-refractivity contribution in [2.75, 3.05) is 18.8 Å². The molecule has 0 saturated carbocycles. The van der Waals surface area contributed by atoms with E-state index in [0.29, 0.717) is 24.6 Å². The number of carbonyl (C=O) groups excluding carboxylic acids is 2. The molecule has 0 aromatic heterocycles. The topological polar surface area (TPSA) is 58.6 Å². The van der Waals surface area contributed by atoms with Crippen LogP contribution in [0.15, 0.2) is 48.5 Å². The van der Waals surface area contributed by atoms with Gasteiger partial charge in [0.1, 0.15) is 23.9 Å². The number of ether oxygens (including phenoxy) is 1. The lowest BCUT2D eigenvalue weighted by Gasteiger charge is -2.14. The summed E-state index contributed by atoms with van der Waals surface area (Å²) in [6.45, 7) is 1.09. The van der Waals surface area contributed by atoms with E-state index in [2.05, 4.69) is 5.32 Å². The van der Waals surface area contributed by atoms with Crippen molar-refractivity contribution in [1.82, 2.24) is 10.2 Å². The van der Waals surface area contributed by atoms with Crippen LogP contribution in [0.3, 0.4) is 0 Å². The molecule has 2 amide bonds. The minimum Gasteiger partial charge on any atom is -0.457 e. The summed E-state index contributed by atoms with van der Waals surface area (Å²) in [6, 6.07) is 13.0. The lowest BCUT2D eigenvalue weighted by Crippen LogP contribution is -2.36. The standard InChI is InChI=1S/C18H17FN2O3S/c19-14-3-7-16(8-4-14)24-15-5-1-13(2-6-15)11-20-17(22)12-21-9-10-25-18(21)23/h1-8H,9-12H2,(H,20,22). The van der Waals surface area contributed by atoms with Crippen LogP contribution in [0.1, 0.15) is 5.56 Å². The zero-order chi connectivity index (χ0) is 17.6. The van der Waals surface area contributed by atoms with Crippen molar-refractivity contribution in [2.45, 2.75) is 6.54 Å². The zero-order valence-electron chi connectivity index (χ0n) is 13.4. The van der Waals surface area contributed by atoms with Gasteiger partial charge in [0.15, 0.2) is 0 Å². The van der Waals surface area contributed by atoms with Crippen LogP contribution in [0.2, 0.25) is 0 Å². The average Bonchev–Trinajstić information content (AvgIpc) is 3.01. The average molecular weight is 360 g/mol. The molecular formula is C18H17FN2O3S. The summed E-state index contributed by atoms with van der Waals surface area (Å²) >= 11 is 1.24. The third-order valence-electron chi connectivity index (χ3n) is 3.64. The van der Waals surface area contributed by atoms with Crippen LogP contribution in [0.25, 0.3) is 0 Å². The van der Waals surface area contributed by atoms with E-state index in [-0.39, 0.29) is 23.5 Å². The molecule has 7 heteroatoms. The second-order valence-electron chi connectivity index (χ2n) is 5.51. The summed E-state index contributed by atoms with van der Waals surface area (Å²) in [4.78, 5) is 24.9. The van der Waals surface area contributed by atoms with Gasteiger partial charge in [0.2, 0.25) is 5.91 Å². The molecule has 1 N–H and O–H groups in total. The second kappa shape index (κ2) is 8.02.